The molecule has 0 spiro atoms. The van der Waals surface area contributed by atoms with Crippen LogP contribution in [0.1, 0.15) is 43.7 Å². The predicted octanol–water partition coefficient (Wildman–Crippen LogP) is 2.92. The van der Waals surface area contributed by atoms with Gasteiger partial charge < -0.3 is 10.5 Å². The van der Waals surface area contributed by atoms with Crippen LogP contribution in [0, 0.1) is 5.82 Å². The fourth-order valence-corrected chi connectivity index (χ4v) is 1.74. The first-order valence-corrected chi connectivity index (χ1v) is 7.08. The van der Waals surface area contributed by atoms with Crippen LogP contribution in [0.2, 0.25) is 0 Å². The first-order valence-electron chi connectivity index (χ1n) is 7.08. The van der Waals surface area contributed by atoms with E-state index in [0.717, 1.165) is 12.8 Å². The highest BCUT2D eigenvalue weighted by Gasteiger charge is 2.03. The van der Waals surface area contributed by atoms with Gasteiger partial charge in [-0.2, -0.15) is 5.10 Å². The van der Waals surface area contributed by atoms with Crippen molar-refractivity contribution in [3.05, 3.63) is 35.1 Å². The lowest BCUT2D eigenvalue weighted by Gasteiger charge is -2.06. The number of halogens is 1. The van der Waals surface area contributed by atoms with Crippen molar-refractivity contribution in [2.75, 3.05) is 6.61 Å². The van der Waals surface area contributed by atoms with Gasteiger partial charge in [-0.15, -0.1) is 0 Å². The first kappa shape index (κ1) is 17.1. The molecule has 1 rings (SSSR count). The van der Waals surface area contributed by atoms with Crippen LogP contribution >= 0.6 is 0 Å². The van der Waals surface area contributed by atoms with E-state index >= 15 is 0 Å². The highest BCUT2D eigenvalue weighted by molar-refractivity contribution is 5.81. The number of nitrogens with one attached hydrogen (secondary N) is 1. The van der Waals surface area contributed by atoms with Crippen molar-refractivity contribution in [2.24, 2.45) is 10.8 Å². The summed E-state index contributed by atoms with van der Waals surface area (Å²) in [5.74, 6) is -0.355. The third-order valence-corrected chi connectivity index (χ3v) is 2.87. The number of unbranched alkanes of at least 4 members (excludes halogenated alkanes) is 3. The van der Waals surface area contributed by atoms with Gasteiger partial charge >= 0.3 is 6.03 Å². The Morgan fingerprint density at radius 3 is 2.90 bits per heavy atom. The predicted molar refractivity (Wildman–Crippen MR) is 80.5 cm³/mol. The summed E-state index contributed by atoms with van der Waals surface area (Å²) in [4.78, 5) is 10.4. The van der Waals surface area contributed by atoms with Gasteiger partial charge in [-0.1, -0.05) is 38.3 Å². The molecule has 2 amide bonds. The molecule has 3 N–H and O–H groups in total. The summed E-state index contributed by atoms with van der Waals surface area (Å²) in [5.41, 5.74) is 7.94. The number of hydrazone groups is 1. The van der Waals surface area contributed by atoms with Crippen molar-refractivity contribution in [2.45, 2.75) is 39.2 Å². The largest absolute Gasteiger partial charge is 0.377 e. The highest BCUT2D eigenvalue weighted by Crippen LogP contribution is 2.11. The van der Waals surface area contributed by atoms with Gasteiger partial charge in [0.15, 0.2) is 0 Å². The Hall–Kier alpha value is -1.95. The van der Waals surface area contributed by atoms with Crippen LogP contribution < -0.4 is 11.2 Å². The van der Waals surface area contributed by atoms with Gasteiger partial charge in [0.25, 0.3) is 0 Å². The van der Waals surface area contributed by atoms with Crippen molar-refractivity contribution in [3.63, 3.8) is 0 Å². The number of ether oxygens (including phenoxy) is 1. The Labute approximate surface area is 124 Å². The molecule has 21 heavy (non-hydrogen) atoms. The lowest BCUT2D eigenvalue weighted by molar-refractivity contribution is 0.114. The molecular weight excluding hydrogens is 273 g/mol. The van der Waals surface area contributed by atoms with Gasteiger partial charge in [-0.05, 0) is 18.1 Å². The molecular formula is C15H22FN3O2. The van der Waals surface area contributed by atoms with E-state index < -0.39 is 6.03 Å². The Morgan fingerprint density at radius 1 is 1.43 bits per heavy atom. The standard InChI is InChI=1S/C15H22FN3O2/c1-2-3-4-5-8-21-11-13-7-6-12(9-14(13)16)10-18-19-15(17)20/h6-7,9-10H,2-5,8,11H2,1H3,(H3,17,19,20). The van der Waals surface area contributed by atoms with Gasteiger partial charge in [-0.25, -0.2) is 14.6 Å². The van der Waals surface area contributed by atoms with Crippen LogP contribution in [-0.2, 0) is 11.3 Å². The van der Waals surface area contributed by atoms with E-state index in [1.54, 1.807) is 12.1 Å². The van der Waals surface area contributed by atoms with Gasteiger partial charge in [0, 0.05) is 12.2 Å². The number of primary amides is 1. The van der Waals surface area contributed by atoms with E-state index in [4.69, 9.17) is 10.5 Å². The van der Waals surface area contributed by atoms with Gasteiger partial charge in [-0.3, -0.25) is 0 Å². The van der Waals surface area contributed by atoms with E-state index in [1.807, 2.05) is 5.43 Å². The van der Waals surface area contributed by atoms with Crippen LogP contribution in [0.3, 0.4) is 0 Å². The van der Waals surface area contributed by atoms with Crippen molar-refractivity contribution in [1.29, 1.82) is 0 Å². The molecule has 116 valence electrons. The molecule has 0 aliphatic heterocycles. The number of carbonyl (C=O) groups excluding carboxylic acids is 1. The number of hydrogen-bond acceptors (Lipinski definition) is 3. The van der Waals surface area contributed by atoms with Crippen LogP contribution in [0.15, 0.2) is 23.3 Å². The topological polar surface area (TPSA) is 76.7 Å². The van der Waals surface area contributed by atoms with E-state index in [0.29, 0.717) is 17.7 Å². The fraction of sp³-hybridized carbons (Fsp3) is 0.467. The van der Waals surface area contributed by atoms with Gasteiger partial charge in [0.2, 0.25) is 0 Å². The minimum atomic E-state index is -0.764. The maximum atomic E-state index is 13.8. The second-order valence-corrected chi connectivity index (χ2v) is 4.70. The van der Waals surface area contributed by atoms with Crippen LogP contribution in [-0.4, -0.2) is 18.9 Å². The summed E-state index contributed by atoms with van der Waals surface area (Å²) in [5, 5.41) is 3.57. The summed E-state index contributed by atoms with van der Waals surface area (Å²) in [6.07, 6.45) is 5.84. The highest BCUT2D eigenvalue weighted by atomic mass is 19.1. The van der Waals surface area contributed by atoms with Gasteiger partial charge in [0.05, 0.1) is 12.8 Å². The molecule has 0 atom stereocenters. The molecule has 0 aromatic heterocycles. The molecule has 1 aromatic carbocycles. The Morgan fingerprint density at radius 2 is 2.24 bits per heavy atom. The Balaban J connectivity index is 2.39. The summed E-state index contributed by atoms with van der Waals surface area (Å²) in [7, 11) is 0. The molecule has 1 aromatic rings. The van der Waals surface area contributed by atoms with Crippen LogP contribution in [0.4, 0.5) is 9.18 Å². The molecule has 0 saturated heterocycles. The zero-order chi connectivity index (χ0) is 15.5. The lowest BCUT2D eigenvalue weighted by atomic mass is 10.1. The number of amides is 2. The zero-order valence-corrected chi connectivity index (χ0v) is 12.3. The van der Waals surface area contributed by atoms with Crippen LogP contribution in [0.25, 0.3) is 0 Å². The molecule has 0 aliphatic rings. The third-order valence-electron chi connectivity index (χ3n) is 2.87. The monoisotopic (exact) mass is 295 g/mol. The first-order chi connectivity index (χ1) is 10.1. The van der Waals surface area contributed by atoms with Crippen molar-refractivity contribution < 1.29 is 13.9 Å². The minimum absolute atomic E-state index is 0.259. The van der Waals surface area contributed by atoms with Crippen molar-refractivity contribution in [1.82, 2.24) is 5.43 Å². The molecule has 0 radical (unpaired) electrons. The van der Waals surface area contributed by atoms with Crippen LogP contribution in [0.5, 0.6) is 0 Å². The van der Waals surface area contributed by atoms with E-state index in [-0.39, 0.29) is 12.4 Å². The maximum absolute atomic E-state index is 13.8. The van der Waals surface area contributed by atoms with Crippen molar-refractivity contribution in [3.8, 4) is 0 Å². The summed E-state index contributed by atoms with van der Waals surface area (Å²) in [6, 6.07) is 3.92. The molecule has 5 nitrogen and oxygen atoms in total. The van der Waals surface area contributed by atoms with Gasteiger partial charge in [0.1, 0.15) is 5.82 Å². The second-order valence-electron chi connectivity index (χ2n) is 4.70. The maximum Gasteiger partial charge on any atom is 0.332 e. The summed E-state index contributed by atoms with van der Waals surface area (Å²) < 4.78 is 19.3. The molecule has 0 saturated carbocycles. The van der Waals surface area contributed by atoms with E-state index in [1.165, 1.54) is 25.1 Å². The minimum Gasteiger partial charge on any atom is -0.377 e. The fourth-order valence-electron chi connectivity index (χ4n) is 1.74. The molecule has 0 fully saturated rings. The molecule has 0 aliphatic carbocycles. The normalized spacial score (nSPS) is 11.0. The van der Waals surface area contributed by atoms with E-state index in [2.05, 4.69) is 12.0 Å². The molecule has 0 bridgehead atoms. The number of nitrogens with two attached hydrogens (primary N) is 1. The number of urea groups is 1. The Kier molecular flexibility index (Phi) is 8.04. The van der Waals surface area contributed by atoms with Crippen molar-refractivity contribution >= 4 is 12.2 Å². The Bertz CT molecular complexity index is 478. The third kappa shape index (κ3) is 7.41. The second kappa shape index (κ2) is 9.88. The number of rotatable bonds is 9. The SMILES string of the molecule is CCCCCCOCc1ccc(C=NNC(N)=O)cc1F. The summed E-state index contributed by atoms with van der Waals surface area (Å²) >= 11 is 0. The number of benzene rings is 1. The molecule has 0 heterocycles. The quantitative estimate of drug-likeness (QED) is 0.417. The zero-order valence-electron chi connectivity index (χ0n) is 12.3. The lowest BCUT2D eigenvalue weighted by Crippen LogP contribution is -2.24. The number of carbonyl (C=O) groups is 1. The number of nitrogens with zero attached hydrogens (tertiary/aromatic N) is 1. The smallest absolute Gasteiger partial charge is 0.332 e. The average Bonchev–Trinajstić information content (AvgIpc) is 2.44. The number of hydrogen-bond donors (Lipinski definition) is 2. The molecule has 0 unspecified atom stereocenters. The average molecular weight is 295 g/mol. The molecule has 6 heteroatoms. The summed E-state index contributed by atoms with van der Waals surface area (Å²) in [6.45, 7) is 3.06. The van der Waals surface area contributed by atoms with E-state index in [9.17, 15) is 9.18 Å².